The normalized spacial score (nSPS) is 14.7. The first-order chi connectivity index (χ1) is 17.9. The summed E-state index contributed by atoms with van der Waals surface area (Å²) in [6.45, 7) is 5.91. The van der Waals surface area contributed by atoms with Gasteiger partial charge in [0.2, 0.25) is 11.7 Å². The average Bonchev–Trinajstić information content (AvgIpc) is 3.26. The molecule has 0 fully saturated rings. The van der Waals surface area contributed by atoms with E-state index < -0.39 is 6.04 Å². The van der Waals surface area contributed by atoms with Gasteiger partial charge >= 0.3 is 0 Å². The van der Waals surface area contributed by atoms with Crippen LogP contribution in [0, 0.1) is 13.8 Å². The fourth-order valence-corrected chi connectivity index (χ4v) is 4.98. The van der Waals surface area contributed by atoms with Gasteiger partial charge in [-0.15, -0.1) is 0 Å². The van der Waals surface area contributed by atoms with E-state index in [4.69, 9.17) is 19.2 Å². The first kappa shape index (κ1) is 24.2. The van der Waals surface area contributed by atoms with Gasteiger partial charge < -0.3 is 24.8 Å². The Hall–Kier alpha value is -4.46. The van der Waals surface area contributed by atoms with E-state index in [0.29, 0.717) is 34.5 Å². The van der Waals surface area contributed by atoms with Gasteiger partial charge in [0.1, 0.15) is 0 Å². The third-order valence-electron chi connectivity index (χ3n) is 6.71. The molecule has 8 heteroatoms. The Morgan fingerprint density at radius 1 is 0.946 bits per heavy atom. The molecule has 190 valence electrons. The Morgan fingerprint density at radius 3 is 2.30 bits per heavy atom. The molecule has 0 saturated heterocycles. The fraction of sp³-hybridized carbons (Fsp3) is 0.241. The summed E-state index contributed by atoms with van der Waals surface area (Å²) < 4.78 is 18.9. The summed E-state index contributed by atoms with van der Waals surface area (Å²) in [4.78, 5) is 18.8. The predicted molar refractivity (Wildman–Crippen MR) is 145 cm³/mol. The molecule has 0 bridgehead atoms. The second kappa shape index (κ2) is 9.54. The van der Waals surface area contributed by atoms with Crippen molar-refractivity contribution >= 4 is 28.6 Å². The van der Waals surface area contributed by atoms with Crippen LogP contribution in [0.15, 0.2) is 65.9 Å². The van der Waals surface area contributed by atoms with E-state index in [1.165, 1.54) is 0 Å². The van der Waals surface area contributed by atoms with Gasteiger partial charge in [0.05, 0.1) is 44.0 Å². The van der Waals surface area contributed by atoms with Crippen LogP contribution >= 0.6 is 0 Å². The summed E-state index contributed by atoms with van der Waals surface area (Å²) in [6.07, 6.45) is 0. The zero-order valence-electron chi connectivity index (χ0n) is 21.8. The van der Waals surface area contributed by atoms with E-state index >= 15 is 0 Å². The Morgan fingerprint density at radius 2 is 1.65 bits per heavy atom. The smallest absolute Gasteiger partial charge is 0.255 e. The number of allylic oxidation sites excluding steroid dienone is 1. The van der Waals surface area contributed by atoms with Crippen LogP contribution in [0.4, 0.5) is 11.6 Å². The van der Waals surface area contributed by atoms with Crippen LogP contribution in [0.1, 0.15) is 29.7 Å². The maximum Gasteiger partial charge on any atom is 0.255 e. The lowest BCUT2D eigenvalue weighted by Crippen LogP contribution is -2.31. The van der Waals surface area contributed by atoms with Crippen molar-refractivity contribution in [1.82, 2.24) is 9.55 Å². The number of benzene rings is 3. The highest BCUT2D eigenvalue weighted by atomic mass is 16.5. The number of fused-ring (bicyclic) bond motifs is 3. The number of anilines is 2. The number of nitrogens with one attached hydrogen (secondary N) is 2. The number of imidazole rings is 1. The van der Waals surface area contributed by atoms with Gasteiger partial charge in [-0.1, -0.05) is 29.8 Å². The van der Waals surface area contributed by atoms with Gasteiger partial charge in [0.15, 0.2) is 11.5 Å². The summed E-state index contributed by atoms with van der Waals surface area (Å²) in [6, 6.07) is 17.1. The number of para-hydroxylation sites is 2. The molecule has 1 amide bonds. The highest BCUT2D eigenvalue weighted by molar-refractivity contribution is 6.06. The van der Waals surface area contributed by atoms with E-state index in [0.717, 1.165) is 33.4 Å². The summed E-state index contributed by atoms with van der Waals surface area (Å²) in [5, 5.41) is 6.48. The maximum absolute atomic E-state index is 14.0. The lowest BCUT2D eigenvalue weighted by molar-refractivity contribution is -0.113. The molecular formula is C29H30N4O4. The zero-order valence-corrected chi connectivity index (χ0v) is 21.8. The number of hydrogen-bond donors (Lipinski definition) is 2. The second-order valence-electron chi connectivity index (χ2n) is 9.09. The van der Waals surface area contributed by atoms with E-state index in [1.807, 2.05) is 79.9 Å². The molecule has 1 aromatic heterocycles. The topological polar surface area (TPSA) is 86.6 Å². The number of amides is 1. The van der Waals surface area contributed by atoms with Crippen molar-refractivity contribution in [3.63, 3.8) is 0 Å². The number of aromatic nitrogens is 2. The Kier molecular flexibility index (Phi) is 6.25. The van der Waals surface area contributed by atoms with Crippen molar-refractivity contribution in [1.29, 1.82) is 0 Å². The molecule has 1 atom stereocenters. The number of methoxy groups -OCH3 is 3. The number of carbonyl (C=O) groups excluding carboxylic acids is 1. The van der Waals surface area contributed by atoms with E-state index in [1.54, 1.807) is 21.3 Å². The molecule has 37 heavy (non-hydrogen) atoms. The zero-order chi connectivity index (χ0) is 26.3. The fourth-order valence-electron chi connectivity index (χ4n) is 4.98. The van der Waals surface area contributed by atoms with E-state index in [-0.39, 0.29) is 5.91 Å². The monoisotopic (exact) mass is 498 g/mol. The molecule has 1 aliphatic rings. The van der Waals surface area contributed by atoms with Crippen molar-refractivity contribution in [3.8, 4) is 17.2 Å². The van der Waals surface area contributed by atoms with E-state index in [9.17, 15) is 4.79 Å². The number of aryl methyl sites for hydroxylation is 2. The Balaban J connectivity index is 1.72. The van der Waals surface area contributed by atoms with Gasteiger partial charge in [0, 0.05) is 11.4 Å². The molecule has 0 aliphatic carbocycles. The number of nitrogens with zero attached hydrogens (tertiary/aromatic N) is 2. The van der Waals surface area contributed by atoms with Crippen LogP contribution in [-0.2, 0) is 4.79 Å². The molecule has 1 unspecified atom stereocenters. The molecule has 0 radical (unpaired) electrons. The van der Waals surface area contributed by atoms with Crippen LogP contribution in [-0.4, -0.2) is 36.8 Å². The minimum atomic E-state index is -0.511. The number of rotatable bonds is 6. The second-order valence-corrected chi connectivity index (χ2v) is 9.09. The third-order valence-corrected chi connectivity index (χ3v) is 6.71. The first-order valence-electron chi connectivity index (χ1n) is 12.0. The minimum Gasteiger partial charge on any atom is -0.493 e. The van der Waals surface area contributed by atoms with Gasteiger partial charge in [-0.3, -0.25) is 9.36 Å². The van der Waals surface area contributed by atoms with Gasteiger partial charge in [-0.2, -0.15) is 0 Å². The van der Waals surface area contributed by atoms with Crippen molar-refractivity contribution < 1.29 is 19.0 Å². The van der Waals surface area contributed by atoms with Crippen molar-refractivity contribution in [2.45, 2.75) is 26.8 Å². The standard InChI is InChI=1S/C29H30N4O4/c1-16-11-12-20(17(2)13-16)31-28(34)25-18(3)30-29-32-21-9-7-8-10-22(21)33(29)26(25)19-14-23(35-4)27(37-6)24(15-19)36-5/h7-15,26H,1-6H3,(H,30,32)(H,31,34). The van der Waals surface area contributed by atoms with Crippen LogP contribution in [0.25, 0.3) is 11.0 Å². The summed E-state index contributed by atoms with van der Waals surface area (Å²) in [5.74, 6) is 1.95. The highest BCUT2D eigenvalue weighted by Gasteiger charge is 2.35. The predicted octanol–water partition coefficient (Wildman–Crippen LogP) is 5.61. The number of hydrogen-bond acceptors (Lipinski definition) is 6. The van der Waals surface area contributed by atoms with Crippen molar-refractivity contribution in [3.05, 3.63) is 82.6 Å². The molecule has 8 nitrogen and oxygen atoms in total. The van der Waals surface area contributed by atoms with Crippen LogP contribution in [0.2, 0.25) is 0 Å². The largest absolute Gasteiger partial charge is 0.493 e. The molecular weight excluding hydrogens is 468 g/mol. The first-order valence-corrected chi connectivity index (χ1v) is 12.0. The van der Waals surface area contributed by atoms with Gasteiger partial charge in [0.25, 0.3) is 5.91 Å². The lowest BCUT2D eigenvalue weighted by Gasteiger charge is -2.31. The Bertz CT molecular complexity index is 1530. The van der Waals surface area contributed by atoms with Crippen LogP contribution < -0.4 is 24.8 Å². The number of ether oxygens (including phenoxy) is 3. The maximum atomic E-state index is 14.0. The van der Waals surface area contributed by atoms with E-state index in [2.05, 4.69) is 10.6 Å². The average molecular weight is 499 g/mol. The van der Waals surface area contributed by atoms with Crippen LogP contribution in [0.3, 0.4) is 0 Å². The van der Waals surface area contributed by atoms with Gasteiger partial charge in [-0.25, -0.2) is 4.98 Å². The summed E-state index contributed by atoms with van der Waals surface area (Å²) >= 11 is 0. The Labute approximate surface area is 215 Å². The number of carbonyl (C=O) groups is 1. The lowest BCUT2D eigenvalue weighted by atomic mass is 9.93. The molecule has 1 aliphatic heterocycles. The highest BCUT2D eigenvalue weighted by Crippen LogP contribution is 2.45. The summed E-state index contributed by atoms with van der Waals surface area (Å²) in [7, 11) is 4.73. The molecule has 3 aromatic carbocycles. The SMILES string of the molecule is COc1cc(C2C(C(=O)Nc3ccc(C)cc3C)=C(C)Nc3nc4ccccc4n32)cc(OC)c1OC. The molecule has 4 aromatic rings. The minimum absolute atomic E-state index is 0.209. The quantitative estimate of drug-likeness (QED) is 0.360. The third kappa shape index (κ3) is 4.14. The molecule has 0 saturated carbocycles. The van der Waals surface area contributed by atoms with Gasteiger partial charge in [-0.05, 0) is 62.2 Å². The molecule has 5 rings (SSSR count). The van der Waals surface area contributed by atoms with Crippen molar-refractivity contribution in [2.75, 3.05) is 32.0 Å². The molecule has 2 N–H and O–H groups in total. The molecule has 2 heterocycles. The van der Waals surface area contributed by atoms with Crippen LogP contribution in [0.5, 0.6) is 17.2 Å². The molecule has 0 spiro atoms. The summed E-state index contributed by atoms with van der Waals surface area (Å²) in [5.41, 5.74) is 6.68. The van der Waals surface area contributed by atoms with Crippen molar-refractivity contribution in [2.24, 2.45) is 0 Å².